The topological polar surface area (TPSA) is 0 Å². The fourth-order valence-corrected chi connectivity index (χ4v) is 5.13. The van der Waals surface area contributed by atoms with Crippen molar-refractivity contribution < 1.29 is 0 Å². The minimum Gasteiger partial charge on any atom is -0.0885 e. The first-order valence-electron chi connectivity index (χ1n) is 9.70. The van der Waals surface area contributed by atoms with Crippen molar-refractivity contribution in [3.8, 4) is 0 Å². The molecule has 0 N–H and O–H groups in total. The van der Waals surface area contributed by atoms with E-state index >= 15 is 0 Å². The minimum atomic E-state index is 0.501. The van der Waals surface area contributed by atoms with Gasteiger partial charge in [-0.15, -0.1) is 0 Å². The van der Waals surface area contributed by atoms with Crippen molar-refractivity contribution in [2.75, 3.05) is 0 Å². The van der Waals surface area contributed by atoms with E-state index in [2.05, 4.69) is 45.9 Å². The lowest BCUT2D eigenvalue weighted by molar-refractivity contribution is 0.0901. The number of fused-ring (bicyclic) bond motifs is 2. The average Bonchev–Trinajstić information content (AvgIpc) is 2.50. The fraction of sp³-hybridized carbons (Fsp3) is 0.773. The van der Waals surface area contributed by atoms with Crippen LogP contribution >= 0.6 is 0 Å². The largest absolute Gasteiger partial charge is 0.103 e. The van der Waals surface area contributed by atoms with Gasteiger partial charge in [-0.05, 0) is 69.6 Å². The Morgan fingerprint density at radius 3 is 2.64 bits per heavy atom. The van der Waals surface area contributed by atoms with Crippen LogP contribution in [0.4, 0.5) is 0 Å². The molecule has 2 rings (SSSR count). The van der Waals surface area contributed by atoms with Crippen LogP contribution in [0, 0.1) is 23.2 Å². The molecule has 0 heteroatoms. The van der Waals surface area contributed by atoms with Gasteiger partial charge in [0.2, 0.25) is 0 Å². The van der Waals surface area contributed by atoms with Gasteiger partial charge in [-0.2, -0.15) is 0 Å². The zero-order chi connectivity index (χ0) is 16.0. The summed E-state index contributed by atoms with van der Waals surface area (Å²) in [6.07, 6.45) is 20.8. The van der Waals surface area contributed by atoms with Gasteiger partial charge in [0.05, 0.1) is 19.8 Å². The maximum absolute atomic E-state index is 2.61. The lowest BCUT2D eigenvalue weighted by Crippen LogP contribution is -2.36. The molecule has 0 aliphatic heterocycles. The Hall–Kier alpha value is -0.650. The van der Waals surface area contributed by atoms with E-state index in [-0.39, 0.29) is 0 Å². The zero-order valence-corrected chi connectivity index (χ0v) is 15.5. The Morgan fingerprint density at radius 2 is 1.91 bits per heavy atom. The van der Waals surface area contributed by atoms with Crippen molar-refractivity contribution in [2.24, 2.45) is 17.3 Å². The molecule has 0 nitrogen and oxygen atoms in total. The summed E-state index contributed by atoms with van der Waals surface area (Å²) in [5.41, 5.74) is 2.27. The highest BCUT2D eigenvalue weighted by molar-refractivity contribution is 5.11. The molecule has 124 valence electrons. The first kappa shape index (κ1) is 17.7. The second-order valence-corrected chi connectivity index (χ2v) is 8.22. The number of hydrogen-bond donors (Lipinski definition) is 0. The van der Waals surface area contributed by atoms with Crippen LogP contribution in [0.5, 0.6) is 0 Å². The summed E-state index contributed by atoms with van der Waals surface area (Å²) >= 11 is 0. The van der Waals surface area contributed by atoms with Gasteiger partial charge >= 0.3 is 0 Å². The van der Waals surface area contributed by atoms with Gasteiger partial charge in [0.1, 0.15) is 5.92 Å². The van der Waals surface area contributed by atoms with E-state index in [0.29, 0.717) is 5.41 Å². The molecule has 0 heterocycles. The van der Waals surface area contributed by atoms with Crippen molar-refractivity contribution in [3.05, 3.63) is 29.7 Å². The van der Waals surface area contributed by atoms with Crippen LogP contribution < -0.4 is 0 Å². The van der Waals surface area contributed by atoms with Crippen LogP contribution in [0.15, 0.2) is 23.8 Å². The smallest absolute Gasteiger partial charge is 0.0885 e. The van der Waals surface area contributed by atoms with Gasteiger partial charge in [0.15, 0.2) is 0 Å². The van der Waals surface area contributed by atoms with Gasteiger partial charge < -0.3 is 0 Å². The molecule has 1 saturated carbocycles. The summed E-state index contributed by atoms with van der Waals surface area (Å²) in [7, 11) is 0. The zero-order valence-electron chi connectivity index (χ0n) is 15.5. The van der Waals surface area contributed by atoms with Crippen molar-refractivity contribution in [1.82, 2.24) is 0 Å². The third-order valence-corrected chi connectivity index (χ3v) is 6.26. The maximum atomic E-state index is 2.61. The molecule has 3 atom stereocenters. The highest BCUT2D eigenvalue weighted by Gasteiger charge is 2.44. The Kier molecular flexibility index (Phi) is 6.66. The molecule has 0 radical (unpaired) electrons. The predicted molar refractivity (Wildman–Crippen MR) is 98.7 cm³/mol. The lowest BCUT2D eigenvalue weighted by Gasteiger charge is -2.43. The molecule has 3 unspecified atom stereocenters. The molecular formula is C22H37+. The molecule has 0 aromatic carbocycles. The molecule has 2 aliphatic rings. The molecule has 0 aromatic rings. The van der Waals surface area contributed by atoms with Crippen molar-refractivity contribution in [1.29, 1.82) is 0 Å². The minimum absolute atomic E-state index is 0.501. The summed E-state index contributed by atoms with van der Waals surface area (Å²) < 4.78 is 0. The van der Waals surface area contributed by atoms with Gasteiger partial charge in [0, 0.05) is 5.92 Å². The quantitative estimate of drug-likeness (QED) is 0.371. The third kappa shape index (κ3) is 4.43. The standard InChI is InChI=1S/C22H37/c1-5-21-20(18(2)3)15-12-14-19-13-10-8-6-7-9-11-16-22(21,4)17-19/h6-7,13,20-21H,5,8-12,14-17H2,1-4H3/q+1. The normalized spacial score (nSPS) is 34.1. The van der Waals surface area contributed by atoms with Crippen molar-refractivity contribution in [2.45, 2.75) is 91.9 Å². The van der Waals surface area contributed by atoms with E-state index in [1.807, 2.05) is 0 Å². The van der Waals surface area contributed by atoms with E-state index < -0.39 is 0 Å². The highest BCUT2D eigenvalue weighted by atomic mass is 14.4. The van der Waals surface area contributed by atoms with Crippen LogP contribution in [0.2, 0.25) is 0 Å². The summed E-state index contributed by atoms with van der Waals surface area (Å²) in [5, 5.41) is 0. The first-order chi connectivity index (χ1) is 10.6. The predicted octanol–water partition coefficient (Wildman–Crippen LogP) is 7.27. The summed E-state index contributed by atoms with van der Waals surface area (Å²) in [6, 6.07) is 0. The molecule has 2 aliphatic carbocycles. The Bertz CT molecular complexity index is 387. The Labute approximate surface area is 139 Å². The van der Waals surface area contributed by atoms with Gasteiger partial charge in [-0.3, -0.25) is 0 Å². The van der Waals surface area contributed by atoms with Crippen LogP contribution in [0.1, 0.15) is 91.9 Å². The second kappa shape index (κ2) is 8.27. The average molecular weight is 302 g/mol. The summed E-state index contributed by atoms with van der Waals surface area (Å²) in [4.78, 5) is 0. The van der Waals surface area contributed by atoms with Crippen LogP contribution in [0.25, 0.3) is 0 Å². The summed E-state index contributed by atoms with van der Waals surface area (Å²) in [6.45, 7) is 9.80. The molecule has 22 heavy (non-hydrogen) atoms. The van der Waals surface area contributed by atoms with Crippen molar-refractivity contribution >= 4 is 0 Å². The molecule has 0 amide bonds. The van der Waals surface area contributed by atoms with Gasteiger partial charge in [-0.1, -0.05) is 37.6 Å². The number of allylic oxidation sites excluding steroid dienone is 4. The second-order valence-electron chi connectivity index (χ2n) is 8.22. The first-order valence-corrected chi connectivity index (χ1v) is 9.70. The third-order valence-electron chi connectivity index (χ3n) is 6.26. The molecule has 0 saturated heterocycles. The lowest BCUT2D eigenvalue weighted by atomic mass is 9.59. The Balaban J connectivity index is 2.30. The molecule has 1 fully saturated rings. The van der Waals surface area contributed by atoms with Crippen LogP contribution in [0.3, 0.4) is 0 Å². The SMILES string of the molecule is CCC1C([C+](C)C)CCCC2=CCCC=CCCCC1(C)C2. The number of rotatable bonds is 2. The summed E-state index contributed by atoms with van der Waals surface area (Å²) in [5.74, 6) is 3.39. The molecular weight excluding hydrogens is 264 g/mol. The molecule has 0 aromatic heterocycles. The Morgan fingerprint density at radius 1 is 1.14 bits per heavy atom. The van der Waals surface area contributed by atoms with Gasteiger partial charge in [0.25, 0.3) is 0 Å². The molecule has 2 bridgehead atoms. The van der Waals surface area contributed by atoms with E-state index in [0.717, 1.165) is 11.8 Å². The van der Waals surface area contributed by atoms with E-state index in [1.54, 1.807) is 11.5 Å². The van der Waals surface area contributed by atoms with Crippen molar-refractivity contribution in [3.63, 3.8) is 0 Å². The van der Waals surface area contributed by atoms with Gasteiger partial charge in [-0.25, -0.2) is 0 Å². The monoisotopic (exact) mass is 301 g/mol. The van der Waals surface area contributed by atoms with E-state index in [9.17, 15) is 0 Å². The number of hydrogen-bond acceptors (Lipinski definition) is 0. The maximum Gasteiger partial charge on any atom is 0.103 e. The molecule has 0 spiro atoms. The van der Waals surface area contributed by atoms with E-state index in [1.165, 1.54) is 64.2 Å². The fourth-order valence-electron chi connectivity index (χ4n) is 5.13. The van der Waals surface area contributed by atoms with Crippen LogP contribution in [-0.2, 0) is 0 Å². The van der Waals surface area contributed by atoms with E-state index in [4.69, 9.17) is 0 Å². The highest BCUT2D eigenvalue weighted by Crippen LogP contribution is 2.50. The van der Waals surface area contributed by atoms with Crippen LogP contribution in [-0.4, -0.2) is 0 Å².